The molecule has 0 radical (unpaired) electrons. The van der Waals surface area contributed by atoms with Crippen LogP contribution in [0.5, 0.6) is 0 Å². The van der Waals surface area contributed by atoms with Crippen LogP contribution in [-0.2, 0) is 4.74 Å². The van der Waals surface area contributed by atoms with Gasteiger partial charge in [-0.25, -0.2) is 19.7 Å². The van der Waals surface area contributed by atoms with Crippen LogP contribution in [0.3, 0.4) is 0 Å². The summed E-state index contributed by atoms with van der Waals surface area (Å²) in [5.41, 5.74) is 3.37. The highest BCUT2D eigenvalue weighted by molar-refractivity contribution is 7.15. The molecule has 156 valence electrons. The molecule has 0 spiro atoms. The smallest absolute Gasteiger partial charge is 0.411 e. The van der Waals surface area contributed by atoms with Gasteiger partial charge < -0.3 is 15.2 Å². The third kappa shape index (κ3) is 4.58. The molecular formula is C21H23N5O3S. The number of methoxy groups -OCH3 is 1. The zero-order valence-electron chi connectivity index (χ0n) is 16.8. The number of aromatic nitrogens is 3. The van der Waals surface area contributed by atoms with E-state index in [0.717, 1.165) is 27.0 Å². The number of carboxylic acid groups (broad SMARTS) is 1. The monoisotopic (exact) mass is 425 g/mol. The maximum absolute atomic E-state index is 11.5. The average Bonchev–Trinajstić information content (AvgIpc) is 3.51. The van der Waals surface area contributed by atoms with Gasteiger partial charge in [-0.15, -0.1) is 11.3 Å². The van der Waals surface area contributed by atoms with Crippen LogP contribution in [0.4, 0.5) is 22.1 Å². The fourth-order valence-electron chi connectivity index (χ4n) is 3.18. The van der Waals surface area contributed by atoms with Crippen LogP contribution < -0.4 is 10.2 Å². The fraction of sp³-hybridized carbons (Fsp3) is 0.333. The van der Waals surface area contributed by atoms with E-state index in [9.17, 15) is 9.90 Å². The van der Waals surface area contributed by atoms with E-state index in [0.29, 0.717) is 24.2 Å². The lowest BCUT2D eigenvalue weighted by Gasteiger charge is -2.19. The van der Waals surface area contributed by atoms with Crippen molar-refractivity contribution >= 4 is 34.8 Å². The van der Waals surface area contributed by atoms with E-state index in [1.54, 1.807) is 48.9 Å². The summed E-state index contributed by atoms with van der Waals surface area (Å²) >= 11 is 1.66. The van der Waals surface area contributed by atoms with Crippen molar-refractivity contribution in [1.82, 2.24) is 15.0 Å². The normalized spacial score (nSPS) is 13.3. The Morgan fingerprint density at radius 3 is 2.70 bits per heavy atom. The van der Waals surface area contributed by atoms with Gasteiger partial charge in [-0.2, -0.15) is 0 Å². The molecule has 4 rings (SSSR count). The zero-order valence-corrected chi connectivity index (χ0v) is 17.6. The van der Waals surface area contributed by atoms with Gasteiger partial charge in [-0.05, 0) is 50.1 Å². The number of nitrogens with one attached hydrogen (secondary N) is 1. The molecule has 0 saturated heterocycles. The number of benzene rings is 1. The van der Waals surface area contributed by atoms with Crippen molar-refractivity contribution in [2.45, 2.75) is 25.7 Å². The molecule has 8 nitrogen and oxygen atoms in total. The Kier molecular flexibility index (Phi) is 5.91. The first-order valence-electron chi connectivity index (χ1n) is 9.72. The molecule has 1 saturated carbocycles. The predicted molar refractivity (Wildman–Crippen MR) is 117 cm³/mol. The summed E-state index contributed by atoms with van der Waals surface area (Å²) in [6.07, 6.45) is 3.10. The summed E-state index contributed by atoms with van der Waals surface area (Å²) in [6, 6.07) is 9.01. The minimum atomic E-state index is -1.02. The Hall–Kier alpha value is -3.04. The molecular weight excluding hydrogens is 402 g/mol. The van der Waals surface area contributed by atoms with Gasteiger partial charge >= 0.3 is 6.09 Å². The van der Waals surface area contributed by atoms with Gasteiger partial charge in [0.05, 0.1) is 34.4 Å². The van der Waals surface area contributed by atoms with Crippen molar-refractivity contribution in [2.75, 3.05) is 30.5 Å². The van der Waals surface area contributed by atoms with Crippen molar-refractivity contribution in [3.63, 3.8) is 0 Å². The third-order valence-electron chi connectivity index (χ3n) is 4.80. The topological polar surface area (TPSA) is 100 Å². The molecule has 0 bridgehead atoms. The molecule has 1 aromatic carbocycles. The lowest BCUT2D eigenvalue weighted by atomic mass is 10.2. The summed E-state index contributed by atoms with van der Waals surface area (Å²) in [4.78, 5) is 27.5. The Morgan fingerprint density at radius 1 is 1.27 bits per heavy atom. The molecule has 0 atom stereocenters. The standard InChI is InChI=1S/C21H23N5O3S/c1-13-23-18(14-3-4-14)19(30-13)17-9-10-22-20(25-17)24-15-5-7-16(8-6-15)26(21(27)28)11-12-29-2/h5-10,14H,3-4,11-12H2,1-2H3,(H,27,28)(H,22,24,25). The largest absolute Gasteiger partial charge is 0.465 e. The summed E-state index contributed by atoms with van der Waals surface area (Å²) < 4.78 is 4.99. The number of amides is 1. The summed E-state index contributed by atoms with van der Waals surface area (Å²) in [7, 11) is 1.54. The van der Waals surface area contributed by atoms with Gasteiger partial charge in [-0.1, -0.05) is 0 Å². The van der Waals surface area contributed by atoms with E-state index in [1.165, 1.54) is 17.7 Å². The van der Waals surface area contributed by atoms with Gasteiger partial charge in [0.25, 0.3) is 0 Å². The van der Waals surface area contributed by atoms with Crippen LogP contribution in [-0.4, -0.2) is 46.4 Å². The first-order valence-corrected chi connectivity index (χ1v) is 10.5. The Balaban J connectivity index is 1.51. The van der Waals surface area contributed by atoms with Crippen molar-refractivity contribution in [2.24, 2.45) is 0 Å². The minimum absolute atomic E-state index is 0.265. The molecule has 30 heavy (non-hydrogen) atoms. The second-order valence-electron chi connectivity index (χ2n) is 7.09. The van der Waals surface area contributed by atoms with Gasteiger partial charge in [0.2, 0.25) is 5.95 Å². The number of anilines is 3. The Labute approximate surface area is 178 Å². The number of nitrogens with zero attached hydrogens (tertiary/aromatic N) is 4. The van der Waals surface area contributed by atoms with E-state index in [4.69, 9.17) is 9.72 Å². The third-order valence-corrected chi connectivity index (χ3v) is 5.81. The average molecular weight is 426 g/mol. The van der Waals surface area contributed by atoms with Crippen LogP contribution >= 0.6 is 11.3 Å². The molecule has 0 unspecified atom stereocenters. The van der Waals surface area contributed by atoms with Crippen molar-refractivity contribution in [3.05, 3.63) is 47.2 Å². The highest BCUT2D eigenvalue weighted by Gasteiger charge is 2.30. The van der Waals surface area contributed by atoms with Crippen molar-refractivity contribution in [1.29, 1.82) is 0 Å². The summed E-state index contributed by atoms with van der Waals surface area (Å²) in [5.74, 6) is 1.04. The van der Waals surface area contributed by atoms with E-state index in [2.05, 4.69) is 15.3 Å². The number of aryl methyl sites for hydroxylation is 1. The molecule has 0 aliphatic heterocycles. The second kappa shape index (κ2) is 8.76. The lowest BCUT2D eigenvalue weighted by Crippen LogP contribution is -2.32. The maximum atomic E-state index is 11.5. The number of ether oxygens (including phenoxy) is 1. The van der Waals surface area contributed by atoms with E-state index in [-0.39, 0.29) is 6.54 Å². The molecule has 1 aliphatic rings. The number of thiazole rings is 1. The van der Waals surface area contributed by atoms with Crippen LogP contribution in [0.15, 0.2) is 36.5 Å². The van der Waals surface area contributed by atoms with Gasteiger partial charge in [0.15, 0.2) is 0 Å². The van der Waals surface area contributed by atoms with Gasteiger partial charge in [-0.3, -0.25) is 4.90 Å². The molecule has 2 N–H and O–H groups in total. The highest BCUT2D eigenvalue weighted by atomic mass is 32.1. The molecule has 1 aliphatic carbocycles. The first-order chi connectivity index (χ1) is 14.5. The molecule has 1 fully saturated rings. The summed E-state index contributed by atoms with van der Waals surface area (Å²) in [6.45, 7) is 2.61. The number of carbonyl (C=O) groups is 1. The van der Waals surface area contributed by atoms with Crippen LogP contribution in [0.1, 0.15) is 29.5 Å². The van der Waals surface area contributed by atoms with E-state index in [1.807, 2.05) is 13.0 Å². The predicted octanol–water partition coefficient (Wildman–Crippen LogP) is 4.66. The lowest BCUT2D eigenvalue weighted by molar-refractivity contribution is 0.186. The van der Waals surface area contributed by atoms with Crippen LogP contribution in [0.2, 0.25) is 0 Å². The number of hydrogen-bond donors (Lipinski definition) is 2. The number of rotatable bonds is 8. The van der Waals surface area contributed by atoms with E-state index < -0.39 is 6.09 Å². The Morgan fingerprint density at radius 2 is 2.03 bits per heavy atom. The maximum Gasteiger partial charge on any atom is 0.411 e. The van der Waals surface area contributed by atoms with Gasteiger partial charge in [0, 0.05) is 30.6 Å². The fourth-order valence-corrected chi connectivity index (χ4v) is 4.15. The minimum Gasteiger partial charge on any atom is -0.465 e. The van der Waals surface area contributed by atoms with Gasteiger partial charge in [0.1, 0.15) is 0 Å². The Bertz CT molecular complexity index is 1030. The van der Waals surface area contributed by atoms with Crippen LogP contribution in [0.25, 0.3) is 10.6 Å². The quantitative estimate of drug-likeness (QED) is 0.541. The van der Waals surface area contributed by atoms with Crippen LogP contribution in [0, 0.1) is 6.92 Å². The molecule has 3 aromatic rings. The SMILES string of the molecule is COCCN(C(=O)O)c1ccc(Nc2nccc(-c3sc(C)nc3C3CC3)n2)cc1. The number of hydrogen-bond acceptors (Lipinski definition) is 7. The van der Waals surface area contributed by atoms with Crippen molar-refractivity contribution in [3.8, 4) is 10.6 Å². The molecule has 2 heterocycles. The molecule has 2 aromatic heterocycles. The first kappa shape index (κ1) is 20.2. The highest BCUT2D eigenvalue weighted by Crippen LogP contribution is 2.45. The van der Waals surface area contributed by atoms with E-state index >= 15 is 0 Å². The molecule has 9 heteroatoms. The molecule has 1 amide bonds. The van der Waals surface area contributed by atoms with Crippen molar-refractivity contribution < 1.29 is 14.6 Å². The second-order valence-corrected chi connectivity index (χ2v) is 8.29. The zero-order chi connectivity index (χ0) is 21.1. The summed E-state index contributed by atoms with van der Waals surface area (Å²) in [5, 5.41) is 13.6.